The zero-order valence-electron chi connectivity index (χ0n) is 24.2. The largest absolute Gasteiger partial charge is 0.490 e. The number of ether oxygens (including phenoxy) is 6. The van der Waals surface area contributed by atoms with Crippen molar-refractivity contribution in [3.05, 3.63) is 59.2 Å². The van der Waals surface area contributed by atoms with Crippen molar-refractivity contribution in [1.82, 2.24) is 5.32 Å². The van der Waals surface area contributed by atoms with Crippen LogP contribution in [0.5, 0.6) is 5.75 Å². The Labute approximate surface area is 238 Å². The molecule has 222 valence electrons. The van der Waals surface area contributed by atoms with Crippen molar-refractivity contribution in [2.24, 2.45) is 0 Å². The number of piperidine rings is 1. The van der Waals surface area contributed by atoms with Crippen LogP contribution < -0.4 is 15.0 Å². The van der Waals surface area contributed by atoms with Gasteiger partial charge in [0.2, 0.25) is 0 Å². The number of benzene rings is 2. The van der Waals surface area contributed by atoms with Crippen molar-refractivity contribution in [3.8, 4) is 5.75 Å². The predicted octanol–water partition coefficient (Wildman–Crippen LogP) is 3.12. The Morgan fingerprint density at radius 1 is 0.975 bits per heavy atom. The second-order valence-corrected chi connectivity index (χ2v) is 10.4. The molecule has 0 amide bonds. The van der Waals surface area contributed by atoms with E-state index >= 15 is 0 Å². The maximum absolute atomic E-state index is 10.2. The lowest BCUT2D eigenvalue weighted by Crippen LogP contribution is -2.51. The van der Waals surface area contributed by atoms with Gasteiger partial charge < -0.3 is 43.7 Å². The summed E-state index contributed by atoms with van der Waals surface area (Å²) in [4.78, 5) is 2.37. The van der Waals surface area contributed by atoms with E-state index < -0.39 is 6.10 Å². The molecule has 40 heavy (non-hydrogen) atoms. The molecule has 2 aliphatic rings. The number of methoxy groups -OCH3 is 2. The summed E-state index contributed by atoms with van der Waals surface area (Å²) in [6, 6.07) is 14.8. The van der Waals surface area contributed by atoms with Gasteiger partial charge in [0.05, 0.1) is 50.9 Å². The second kappa shape index (κ2) is 16.3. The quantitative estimate of drug-likeness (QED) is 0.302. The van der Waals surface area contributed by atoms with Crippen LogP contribution in [0.25, 0.3) is 0 Å². The lowest BCUT2D eigenvalue weighted by Gasteiger charge is -2.39. The number of anilines is 1. The minimum Gasteiger partial charge on any atom is -0.490 e. The normalized spacial score (nSPS) is 21.6. The molecule has 0 radical (unpaired) electrons. The highest BCUT2D eigenvalue weighted by Gasteiger charge is 2.36. The monoisotopic (exact) mass is 558 g/mol. The third kappa shape index (κ3) is 8.63. The summed E-state index contributed by atoms with van der Waals surface area (Å²) in [7, 11) is 3.32. The van der Waals surface area contributed by atoms with Gasteiger partial charge in [0.25, 0.3) is 0 Å². The molecule has 9 heteroatoms. The Kier molecular flexibility index (Phi) is 12.5. The molecule has 2 heterocycles. The topological polar surface area (TPSA) is 90.9 Å². The minimum absolute atomic E-state index is 0.00337. The molecular formula is C31H46N2O7. The summed E-state index contributed by atoms with van der Waals surface area (Å²) in [5, 5.41) is 13.7. The van der Waals surface area contributed by atoms with Gasteiger partial charge in [-0.05, 0) is 42.2 Å². The van der Waals surface area contributed by atoms with Gasteiger partial charge in [-0.25, -0.2) is 0 Å². The van der Waals surface area contributed by atoms with E-state index in [2.05, 4.69) is 46.6 Å². The molecule has 2 aromatic carbocycles. The highest BCUT2D eigenvalue weighted by Crippen LogP contribution is 2.34. The van der Waals surface area contributed by atoms with Crippen molar-refractivity contribution in [3.63, 3.8) is 0 Å². The van der Waals surface area contributed by atoms with Gasteiger partial charge in [-0.3, -0.25) is 0 Å². The minimum atomic E-state index is -0.676. The lowest BCUT2D eigenvalue weighted by molar-refractivity contribution is -0.0856. The molecule has 1 saturated heterocycles. The molecule has 0 aliphatic carbocycles. The van der Waals surface area contributed by atoms with Crippen molar-refractivity contribution in [1.29, 1.82) is 0 Å². The maximum atomic E-state index is 10.2. The first-order valence-electron chi connectivity index (χ1n) is 14.4. The third-order valence-corrected chi connectivity index (χ3v) is 7.41. The van der Waals surface area contributed by atoms with Crippen LogP contribution in [-0.2, 0) is 36.9 Å². The van der Waals surface area contributed by atoms with E-state index in [4.69, 9.17) is 28.4 Å². The number of aliphatic hydroxyl groups is 1. The summed E-state index contributed by atoms with van der Waals surface area (Å²) in [6.45, 7) is 8.81. The van der Waals surface area contributed by atoms with Gasteiger partial charge in [-0.1, -0.05) is 30.3 Å². The highest BCUT2D eigenvalue weighted by atomic mass is 16.5. The molecule has 4 atom stereocenters. The van der Waals surface area contributed by atoms with Crippen molar-refractivity contribution in [2.45, 2.75) is 50.8 Å². The van der Waals surface area contributed by atoms with Crippen molar-refractivity contribution >= 4 is 5.69 Å². The Morgan fingerprint density at radius 3 is 2.50 bits per heavy atom. The van der Waals surface area contributed by atoms with E-state index in [0.717, 1.165) is 54.2 Å². The van der Waals surface area contributed by atoms with Crippen LogP contribution in [0, 0.1) is 0 Å². The molecule has 4 rings (SSSR count). The number of hydrogen-bond donors (Lipinski definition) is 2. The Bertz CT molecular complexity index is 1010. The average molecular weight is 559 g/mol. The summed E-state index contributed by atoms with van der Waals surface area (Å²) in [5.74, 6) is 0.920. The lowest BCUT2D eigenvalue weighted by atomic mass is 9.85. The molecular weight excluding hydrogens is 512 g/mol. The van der Waals surface area contributed by atoms with E-state index in [1.807, 2.05) is 13.0 Å². The number of rotatable bonds is 16. The Hall–Kier alpha value is -2.24. The second-order valence-electron chi connectivity index (χ2n) is 10.4. The van der Waals surface area contributed by atoms with Crippen LogP contribution in [0.15, 0.2) is 42.5 Å². The third-order valence-electron chi connectivity index (χ3n) is 7.41. The fraction of sp³-hybridized carbons (Fsp3) is 0.613. The van der Waals surface area contributed by atoms with E-state index in [9.17, 15) is 5.11 Å². The van der Waals surface area contributed by atoms with Crippen LogP contribution in [0.1, 0.15) is 36.0 Å². The number of hydrogen-bond acceptors (Lipinski definition) is 9. The Balaban J connectivity index is 1.48. The maximum Gasteiger partial charge on any atom is 0.142 e. The smallest absolute Gasteiger partial charge is 0.142 e. The van der Waals surface area contributed by atoms with Crippen LogP contribution in [-0.4, -0.2) is 96.9 Å². The standard InChI is InChI=1S/C31H46N2O7/c1-4-37-19-23-6-9-25(10-7-23)31-29(17-32-18-30(31)40-22-26(34)21-36-3)39-20-24-8-11-28-27(16-24)33(13-15-38-28)12-5-14-35-2/h6-11,16,26,29-32,34H,4-5,12-15,17-22H2,1-3H3/t26?,29-,30+,31+/m0/s1. The zero-order chi connectivity index (χ0) is 28.2. The van der Waals surface area contributed by atoms with Gasteiger partial charge in [0.15, 0.2) is 0 Å². The van der Waals surface area contributed by atoms with Crippen molar-refractivity contribution < 1.29 is 33.5 Å². The number of nitrogens with zero attached hydrogens (tertiary/aromatic N) is 1. The first-order chi connectivity index (χ1) is 19.6. The highest BCUT2D eigenvalue weighted by molar-refractivity contribution is 5.61. The number of nitrogens with one attached hydrogen (secondary N) is 1. The van der Waals surface area contributed by atoms with Crippen LogP contribution in [0.2, 0.25) is 0 Å². The molecule has 1 unspecified atom stereocenters. The molecule has 0 bridgehead atoms. The molecule has 0 saturated carbocycles. The summed E-state index contributed by atoms with van der Waals surface area (Å²) in [5.41, 5.74) is 4.50. The van der Waals surface area contributed by atoms with Crippen LogP contribution in [0.4, 0.5) is 5.69 Å². The number of fused-ring (bicyclic) bond motifs is 1. The fourth-order valence-electron chi connectivity index (χ4n) is 5.39. The fourth-order valence-corrected chi connectivity index (χ4v) is 5.39. The van der Waals surface area contributed by atoms with Gasteiger partial charge in [0, 0.05) is 53.0 Å². The summed E-state index contributed by atoms with van der Waals surface area (Å²) < 4.78 is 34.7. The summed E-state index contributed by atoms with van der Waals surface area (Å²) in [6.07, 6.45) is 0.0260. The zero-order valence-corrected chi connectivity index (χ0v) is 24.2. The van der Waals surface area contributed by atoms with Gasteiger partial charge in [-0.15, -0.1) is 0 Å². The van der Waals surface area contributed by atoms with Gasteiger partial charge in [0.1, 0.15) is 18.5 Å². The van der Waals surface area contributed by atoms with Crippen molar-refractivity contribution in [2.75, 3.05) is 78.3 Å². The SMILES string of the molecule is CCOCc1ccc([C@@H]2[C@@H](OCc3ccc4c(c3)N(CCCOC)CCO4)CNC[C@H]2OCC(O)COC)cc1. The first kappa shape index (κ1) is 30.7. The predicted molar refractivity (Wildman–Crippen MR) is 154 cm³/mol. The van der Waals surface area contributed by atoms with Gasteiger partial charge in [-0.2, -0.15) is 0 Å². The molecule has 0 aromatic heterocycles. The van der Waals surface area contributed by atoms with Crippen LogP contribution in [0.3, 0.4) is 0 Å². The average Bonchev–Trinajstić information content (AvgIpc) is 2.98. The molecule has 2 N–H and O–H groups in total. The summed E-state index contributed by atoms with van der Waals surface area (Å²) >= 11 is 0. The van der Waals surface area contributed by atoms with E-state index in [-0.39, 0.29) is 31.3 Å². The van der Waals surface area contributed by atoms with E-state index in [0.29, 0.717) is 39.5 Å². The molecule has 9 nitrogen and oxygen atoms in total. The van der Waals surface area contributed by atoms with E-state index in [1.54, 1.807) is 14.2 Å². The molecule has 2 aliphatic heterocycles. The van der Waals surface area contributed by atoms with Gasteiger partial charge >= 0.3 is 0 Å². The van der Waals surface area contributed by atoms with E-state index in [1.165, 1.54) is 0 Å². The molecule has 2 aromatic rings. The first-order valence-corrected chi connectivity index (χ1v) is 14.4. The van der Waals surface area contributed by atoms with Crippen LogP contribution >= 0.6 is 0 Å². The molecule has 0 spiro atoms. The number of aliphatic hydroxyl groups excluding tert-OH is 1. The Morgan fingerprint density at radius 2 is 1.75 bits per heavy atom. The molecule has 1 fully saturated rings.